The van der Waals surface area contributed by atoms with Crippen molar-refractivity contribution in [3.63, 3.8) is 0 Å². The molecule has 2 atom stereocenters. The minimum absolute atomic E-state index is 0.0666. The molecular weight excluding hydrogens is 292 g/mol. The van der Waals surface area contributed by atoms with Gasteiger partial charge in [-0.25, -0.2) is 0 Å². The van der Waals surface area contributed by atoms with Crippen LogP contribution in [0.4, 0.5) is 0 Å². The van der Waals surface area contributed by atoms with Crippen LogP contribution in [0.2, 0.25) is 0 Å². The molecule has 5 heteroatoms. The predicted octanol–water partition coefficient (Wildman–Crippen LogP) is 1.99. The second kappa shape index (κ2) is 8.67. The first-order valence-corrected chi connectivity index (χ1v) is 8.44. The molecule has 1 fully saturated rings. The summed E-state index contributed by atoms with van der Waals surface area (Å²) in [5.41, 5.74) is 1.57. The molecule has 0 bridgehead atoms. The van der Waals surface area contributed by atoms with Gasteiger partial charge in [-0.1, -0.05) is 25.5 Å². The van der Waals surface area contributed by atoms with Crippen LogP contribution in [0.5, 0.6) is 0 Å². The first-order chi connectivity index (χ1) is 11.1. The van der Waals surface area contributed by atoms with E-state index in [-0.39, 0.29) is 17.7 Å². The van der Waals surface area contributed by atoms with Gasteiger partial charge in [0.2, 0.25) is 5.91 Å². The van der Waals surface area contributed by atoms with E-state index < -0.39 is 6.10 Å². The monoisotopic (exact) mass is 318 g/mol. The zero-order valence-electron chi connectivity index (χ0n) is 13.7. The van der Waals surface area contributed by atoms with E-state index in [4.69, 9.17) is 0 Å². The molecule has 2 amide bonds. The molecule has 0 aromatic heterocycles. The van der Waals surface area contributed by atoms with Crippen molar-refractivity contribution in [3.8, 4) is 0 Å². The Balaban J connectivity index is 1.80. The fourth-order valence-corrected chi connectivity index (χ4v) is 2.82. The summed E-state index contributed by atoms with van der Waals surface area (Å²) in [5, 5.41) is 15.5. The summed E-state index contributed by atoms with van der Waals surface area (Å²) in [6, 6.07) is 7.24. The summed E-state index contributed by atoms with van der Waals surface area (Å²) in [6.07, 6.45) is 3.88. The van der Waals surface area contributed by atoms with E-state index >= 15 is 0 Å². The highest BCUT2D eigenvalue weighted by molar-refractivity contribution is 5.94. The number of benzene rings is 1. The smallest absolute Gasteiger partial charge is 0.251 e. The highest BCUT2D eigenvalue weighted by Gasteiger charge is 2.31. The summed E-state index contributed by atoms with van der Waals surface area (Å²) in [7, 11) is 0. The van der Waals surface area contributed by atoms with Gasteiger partial charge in [-0.05, 0) is 43.4 Å². The van der Waals surface area contributed by atoms with Crippen molar-refractivity contribution in [3.05, 3.63) is 35.4 Å². The van der Waals surface area contributed by atoms with Gasteiger partial charge in [-0.2, -0.15) is 0 Å². The zero-order valence-corrected chi connectivity index (χ0v) is 13.7. The van der Waals surface area contributed by atoms with E-state index in [1.54, 1.807) is 12.1 Å². The molecule has 2 rings (SSSR count). The van der Waals surface area contributed by atoms with Crippen molar-refractivity contribution in [1.29, 1.82) is 0 Å². The number of carbonyl (C=O) groups excluding carboxylic acids is 2. The van der Waals surface area contributed by atoms with Crippen molar-refractivity contribution < 1.29 is 14.7 Å². The third kappa shape index (κ3) is 5.06. The number of nitrogens with one attached hydrogen (secondary N) is 2. The molecule has 1 aliphatic rings. The zero-order chi connectivity index (χ0) is 16.7. The van der Waals surface area contributed by atoms with E-state index in [2.05, 4.69) is 17.6 Å². The molecule has 126 valence electrons. The van der Waals surface area contributed by atoms with Crippen molar-refractivity contribution in [2.24, 2.45) is 5.92 Å². The fourth-order valence-electron chi connectivity index (χ4n) is 2.82. The second-order valence-corrected chi connectivity index (χ2v) is 6.13. The number of aliphatic hydroxyl groups is 1. The van der Waals surface area contributed by atoms with Crippen LogP contribution in [0.3, 0.4) is 0 Å². The quantitative estimate of drug-likeness (QED) is 0.673. The minimum Gasteiger partial charge on any atom is -0.392 e. The van der Waals surface area contributed by atoms with Gasteiger partial charge in [0, 0.05) is 18.7 Å². The number of aliphatic hydroxyl groups excluding tert-OH is 1. The van der Waals surface area contributed by atoms with Gasteiger partial charge in [0.15, 0.2) is 0 Å². The molecule has 0 saturated heterocycles. The maximum absolute atomic E-state index is 12.0. The van der Waals surface area contributed by atoms with Crippen LogP contribution in [0.1, 0.15) is 54.9 Å². The maximum atomic E-state index is 12.0. The predicted molar refractivity (Wildman–Crippen MR) is 88.9 cm³/mol. The Bertz CT molecular complexity index is 528. The standard InChI is InChI=1S/C18H26N2O3/c1-2-3-11-19-17(22)14-9-7-13(8-10-14)12-20-18(23)15-5-4-6-16(15)21/h7-10,15-16,21H,2-6,11-12H2,1H3,(H,19,22)(H,20,23). The topological polar surface area (TPSA) is 78.4 Å². The van der Waals surface area contributed by atoms with E-state index in [9.17, 15) is 14.7 Å². The van der Waals surface area contributed by atoms with Crippen molar-refractivity contribution >= 4 is 11.8 Å². The van der Waals surface area contributed by atoms with Gasteiger partial charge >= 0.3 is 0 Å². The SMILES string of the molecule is CCCCNC(=O)c1ccc(CNC(=O)C2CCCC2O)cc1. The minimum atomic E-state index is -0.510. The lowest BCUT2D eigenvalue weighted by atomic mass is 10.0. The van der Waals surface area contributed by atoms with Gasteiger partial charge in [0.1, 0.15) is 0 Å². The Labute approximate surface area is 137 Å². The third-order valence-electron chi connectivity index (χ3n) is 4.32. The van der Waals surface area contributed by atoms with Crippen LogP contribution in [0, 0.1) is 5.92 Å². The maximum Gasteiger partial charge on any atom is 0.251 e. The average Bonchev–Trinajstić information content (AvgIpc) is 2.99. The lowest BCUT2D eigenvalue weighted by molar-refractivity contribution is -0.127. The molecule has 0 spiro atoms. The molecule has 1 aliphatic carbocycles. The van der Waals surface area contributed by atoms with Gasteiger partial charge in [-0.3, -0.25) is 9.59 Å². The van der Waals surface area contributed by atoms with Gasteiger partial charge in [0.25, 0.3) is 5.91 Å². The number of hydrogen-bond acceptors (Lipinski definition) is 3. The highest BCUT2D eigenvalue weighted by Crippen LogP contribution is 2.25. The number of carbonyl (C=O) groups is 2. The summed E-state index contributed by atoms with van der Waals surface area (Å²) >= 11 is 0. The summed E-state index contributed by atoms with van der Waals surface area (Å²) in [4.78, 5) is 23.9. The van der Waals surface area contributed by atoms with Crippen molar-refractivity contribution in [2.75, 3.05) is 6.54 Å². The third-order valence-corrected chi connectivity index (χ3v) is 4.32. The molecule has 1 aromatic rings. The average molecular weight is 318 g/mol. The molecule has 1 aromatic carbocycles. The van der Waals surface area contributed by atoms with Crippen LogP contribution in [-0.2, 0) is 11.3 Å². The van der Waals surface area contributed by atoms with Gasteiger partial charge < -0.3 is 15.7 Å². The Morgan fingerprint density at radius 2 is 1.91 bits per heavy atom. The first kappa shape index (κ1) is 17.5. The molecular formula is C18H26N2O3. The summed E-state index contributed by atoms with van der Waals surface area (Å²) < 4.78 is 0. The summed E-state index contributed by atoms with van der Waals surface area (Å²) in [5.74, 6) is -0.432. The number of unbranched alkanes of at least 4 members (excludes halogenated alkanes) is 1. The first-order valence-electron chi connectivity index (χ1n) is 8.44. The Morgan fingerprint density at radius 1 is 1.17 bits per heavy atom. The Kier molecular flexibility index (Phi) is 6.59. The molecule has 5 nitrogen and oxygen atoms in total. The van der Waals surface area contributed by atoms with E-state index in [0.717, 1.165) is 31.2 Å². The van der Waals surface area contributed by atoms with E-state index in [1.807, 2.05) is 12.1 Å². The Morgan fingerprint density at radius 3 is 2.52 bits per heavy atom. The lowest BCUT2D eigenvalue weighted by Gasteiger charge is -2.14. The molecule has 23 heavy (non-hydrogen) atoms. The molecule has 0 radical (unpaired) electrons. The van der Waals surface area contributed by atoms with Crippen molar-refractivity contribution in [1.82, 2.24) is 10.6 Å². The van der Waals surface area contributed by atoms with E-state index in [1.165, 1.54) is 0 Å². The number of hydrogen-bond donors (Lipinski definition) is 3. The second-order valence-electron chi connectivity index (χ2n) is 6.13. The number of rotatable bonds is 7. The van der Waals surface area contributed by atoms with Crippen LogP contribution >= 0.6 is 0 Å². The molecule has 0 aliphatic heterocycles. The van der Waals surface area contributed by atoms with Gasteiger partial charge in [-0.15, -0.1) is 0 Å². The van der Waals surface area contributed by atoms with Crippen LogP contribution in [0.15, 0.2) is 24.3 Å². The highest BCUT2D eigenvalue weighted by atomic mass is 16.3. The number of amides is 2. The summed E-state index contributed by atoms with van der Waals surface area (Å²) in [6.45, 7) is 3.19. The van der Waals surface area contributed by atoms with Crippen LogP contribution in [-0.4, -0.2) is 29.6 Å². The normalized spacial score (nSPS) is 20.3. The lowest BCUT2D eigenvalue weighted by Crippen LogP contribution is -2.34. The molecule has 3 N–H and O–H groups in total. The van der Waals surface area contributed by atoms with Crippen LogP contribution < -0.4 is 10.6 Å². The van der Waals surface area contributed by atoms with Crippen molar-refractivity contribution in [2.45, 2.75) is 51.7 Å². The molecule has 1 saturated carbocycles. The largest absolute Gasteiger partial charge is 0.392 e. The van der Waals surface area contributed by atoms with Gasteiger partial charge in [0.05, 0.1) is 12.0 Å². The molecule has 0 heterocycles. The van der Waals surface area contributed by atoms with E-state index in [0.29, 0.717) is 25.1 Å². The van der Waals surface area contributed by atoms with Crippen LogP contribution in [0.25, 0.3) is 0 Å². The fraction of sp³-hybridized carbons (Fsp3) is 0.556. The Hall–Kier alpha value is -1.88. The molecule has 2 unspecified atom stereocenters.